The lowest BCUT2D eigenvalue weighted by molar-refractivity contribution is 0.455. The number of nitrogens with zero attached hydrogens (tertiary/aromatic N) is 3. The molecule has 0 bridgehead atoms. The van der Waals surface area contributed by atoms with Gasteiger partial charge in [-0.25, -0.2) is 0 Å². The van der Waals surface area contributed by atoms with Crippen LogP contribution in [0.25, 0.3) is 11.0 Å². The maximum absolute atomic E-state index is 12.2. The smallest absolute Gasteiger partial charge is 0.263 e. The van der Waals surface area contributed by atoms with Crippen molar-refractivity contribution in [2.45, 2.75) is 44.7 Å². The molecule has 2 aliphatic carbocycles. The predicted octanol–water partition coefficient (Wildman–Crippen LogP) is 2.53. The van der Waals surface area contributed by atoms with Crippen molar-refractivity contribution in [1.29, 1.82) is 0 Å². The summed E-state index contributed by atoms with van der Waals surface area (Å²) in [5.41, 5.74) is 0.354. The maximum atomic E-state index is 12.2. The lowest BCUT2D eigenvalue weighted by Gasteiger charge is -2.21. The van der Waals surface area contributed by atoms with E-state index in [4.69, 9.17) is 4.42 Å². The molecule has 0 unspecified atom stereocenters. The summed E-state index contributed by atoms with van der Waals surface area (Å²) >= 11 is 0. The van der Waals surface area contributed by atoms with Crippen molar-refractivity contribution < 1.29 is 4.42 Å². The molecule has 5 rings (SSSR count). The van der Waals surface area contributed by atoms with E-state index in [1.165, 1.54) is 12.6 Å². The first-order chi connectivity index (χ1) is 11.7. The summed E-state index contributed by atoms with van der Waals surface area (Å²) in [6.07, 6.45) is 4.93. The van der Waals surface area contributed by atoms with Gasteiger partial charge in [0.25, 0.3) is 5.56 Å². The number of fused-ring (bicyclic) bond motifs is 1. The zero-order chi connectivity index (χ0) is 16.3. The molecule has 24 heavy (non-hydrogen) atoms. The number of hydrogen-bond acceptors (Lipinski definition) is 5. The first-order valence-corrected chi connectivity index (χ1v) is 8.47. The van der Waals surface area contributed by atoms with Gasteiger partial charge in [-0.2, -0.15) is 10.1 Å². The van der Waals surface area contributed by atoms with Crippen LogP contribution in [0.4, 0.5) is 5.95 Å². The quantitative estimate of drug-likeness (QED) is 0.752. The van der Waals surface area contributed by atoms with Crippen molar-refractivity contribution in [2.75, 3.05) is 4.90 Å². The highest BCUT2D eigenvalue weighted by Crippen LogP contribution is 2.47. The van der Waals surface area contributed by atoms with Gasteiger partial charge >= 0.3 is 0 Å². The summed E-state index contributed by atoms with van der Waals surface area (Å²) in [7, 11) is 0. The zero-order valence-electron chi connectivity index (χ0n) is 13.5. The molecule has 3 heterocycles. The third-order valence-corrected chi connectivity index (χ3v) is 5.05. The molecule has 3 aromatic rings. The molecule has 2 N–H and O–H groups in total. The van der Waals surface area contributed by atoms with Crippen molar-refractivity contribution in [3.63, 3.8) is 0 Å². The maximum Gasteiger partial charge on any atom is 0.263 e. The Bertz CT molecular complexity index is 951. The molecule has 7 nitrogen and oxygen atoms in total. The number of nitrogens with one attached hydrogen (secondary N) is 2. The number of rotatable bonds is 5. The Hall–Kier alpha value is -2.57. The molecule has 0 aromatic carbocycles. The van der Waals surface area contributed by atoms with Crippen LogP contribution in [0, 0.1) is 5.92 Å². The molecule has 2 aliphatic rings. The molecular formula is C17H19N5O2. The SMILES string of the molecule is C[C@H]1C[C@@H]1c1ccc(CN(c2nc3[nH]ncc3c(=O)[nH]2)C2CC2)o1. The summed E-state index contributed by atoms with van der Waals surface area (Å²) in [5.74, 6) is 3.89. The zero-order valence-corrected chi connectivity index (χ0v) is 13.5. The predicted molar refractivity (Wildman–Crippen MR) is 88.9 cm³/mol. The Kier molecular flexibility index (Phi) is 2.86. The highest BCUT2D eigenvalue weighted by molar-refractivity contribution is 5.73. The van der Waals surface area contributed by atoms with Crippen LogP contribution in [0.2, 0.25) is 0 Å². The van der Waals surface area contributed by atoms with E-state index in [0.717, 1.165) is 30.3 Å². The van der Waals surface area contributed by atoms with E-state index >= 15 is 0 Å². The van der Waals surface area contributed by atoms with Gasteiger partial charge in [-0.1, -0.05) is 6.92 Å². The Morgan fingerprint density at radius 2 is 2.21 bits per heavy atom. The fourth-order valence-electron chi connectivity index (χ4n) is 3.30. The normalized spacial score (nSPS) is 22.9. The topological polar surface area (TPSA) is 90.8 Å². The van der Waals surface area contributed by atoms with Crippen LogP contribution in [0.1, 0.15) is 43.6 Å². The average molecular weight is 325 g/mol. The van der Waals surface area contributed by atoms with E-state index in [1.807, 2.05) is 6.07 Å². The molecule has 124 valence electrons. The molecule has 7 heteroatoms. The van der Waals surface area contributed by atoms with Crippen LogP contribution in [0.5, 0.6) is 0 Å². The van der Waals surface area contributed by atoms with E-state index in [0.29, 0.717) is 35.5 Å². The van der Waals surface area contributed by atoms with Gasteiger partial charge < -0.3 is 9.32 Å². The van der Waals surface area contributed by atoms with Gasteiger partial charge in [-0.3, -0.25) is 14.9 Å². The van der Waals surface area contributed by atoms with Crippen molar-refractivity contribution >= 4 is 17.0 Å². The second kappa shape index (κ2) is 4.96. The van der Waals surface area contributed by atoms with E-state index in [2.05, 4.69) is 38.1 Å². The van der Waals surface area contributed by atoms with Gasteiger partial charge in [0.2, 0.25) is 5.95 Å². The number of hydrogen-bond donors (Lipinski definition) is 2. The highest BCUT2D eigenvalue weighted by atomic mass is 16.3. The van der Waals surface area contributed by atoms with Gasteiger partial charge in [0.15, 0.2) is 5.65 Å². The molecule has 2 atom stereocenters. The molecule has 3 aromatic heterocycles. The van der Waals surface area contributed by atoms with E-state index in [-0.39, 0.29) is 5.56 Å². The number of aromatic amines is 2. The van der Waals surface area contributed by atoms with Crippen molar-refractivity contribution in [1.82, 2.24) is 20.2 Å². The standard InChI is InChI=1S/C17H19N5O2/c1-9-6-12(9)14-5-4-11(24-14)8-22(10-2-3-10)17-19-15-13(7-18-21-15)16(23)20-17/h4-5,7,9-10,12H,2-3,6,8H2,1H3,(H2,18,19,20,21,23)/t9-,12-/m0/s1. The Morgan fingerprint density at radius 1 is 1.38 bits per heavy atom. The largest absolute Gasteiger partial charge is 0.464 e. The molecule has 2 saturated carbocycles. The molecule has 0 spiro atoms. The molecular weight excluding hydrogens is 306 g/mol. The molecule has 0 aliphatic heterocycles. The fourth-order valence-corrected chi connectivity index (χ4v) is 3.30. The monoisotopic (exact) mass is 325 g/mol. The third-order valence-electron chi connectivity index (χ3n) is 5.05. The second-order valence-corrected chi connectivity index (χ2v) is 7.00. The number of furan rings is 1. The summed E-state index contributed by atoms with van der Waals surface area (Å²) in [6.45, 7) is 2.87. The molecule has 0 radical (unpaired) electrons. The van der Waals surface area contributed by atoms with Crippen LogP contribution in [0.15, 0.2) is 27.5 Å². The van der Waals surface area contributed by atoms with E-state index in [9.17, 15) is 4.79 Å². The highest BCUT2D eigenvalue weighted by Gasteiger charge is 2.37. The minimum Gasteiger partial charge on any atom is -0.464 e. The number of H-pyrrole nitrogens is 2. The first kappa shape index (κ1) is 13.8. The van der Waals surface area contributed by atoms with Crippen LogP contribution < -0.4 is 10.5 Å². The summed E-state index contributed by atoms with van der Waals surface area (Å²) in [5, 5.41) is 7.16. The Morgan fingerprint density at radius 3 is 2.96 bits per heavy atom. The molecule has 0 amide bonds. The third kappa shape index (κ3) is 2.31. The van der Waals surface area contributed by atoms with Crippen molar-refractivity contribution in [3.05, 3.63) is 40.2 Å². The van der Waals surface area contributed by atoms with Gasteiger partial charge in [0, 0.05) is 12.0 Å². The van der Waals surface area contributed by atoms with Gasteiger partial charge in [-0.05, 0) is 37.3 Å². The van der Waals surface area contributed by atoms with E-state index < -0.39 is 0 Å². The lowest BCUT2D eigenvalue weighted by atomic mass is 10.3. The van der Waals surface area contributed by atoms with Crippen LogP contribution in [0.3, 0.4) is 0 Å². The summed E-state index contributed by atoms with van der Waals surface area (Å²) in [4.78, 5) is 21.7. The lowest BCUT2D eigenvalue weighted by Crippen LogP contribution is -2.29. The van der Waals surface area contributed by atoms with Gasteiger partial charge in [0.1, 0.15) is 16.9 Å². The van der Waals surface area contributed by atoms with Crippen molar-refractivity contribution in [2.24, 2.45) is 5.92 Å². The minimum absolute atomic E-state index is 0.165. The van der Waals surface area contributed by atoms with Crippen LogP contribution in [-0.2, 0) is 6.54 Å². The molecule has 0 saturated heterocycles. The average Bonchev–Trinajstić information content (AvgIpc) is 3.43. The van der Waals surface area contributed by atoms with Crippen LogP contribution >= 0.6 is 0 Å². The second-order valence-electron chi connectivity index (χ2n) is 7.00. The van der Waals surface area contributed by atoms with Crippen LogP contribution in [-0.4, -0.2) is 26.2 Å². The number of aromatic nitrogens is 4. The van der Waals surface area contributed by atoms with Crippen molar-refractivity contribution in [3.8, 4) is 0 Å². The van der Waals surface area contributed by atoms with E-state index in [1.54, 1.807) is 0 Å². The van der Waals surface area contributed by atoms with Gasteiger partial charge in [-0.15, -0.1) is 0 Å². The minimum atomic E-state index is -0.165. The summed E-state index contributed by atoms with van der Waals surface area (Å²) < 4.78 is 6.03. The van der Waals surface area contributed by atoms with Gasteiger partial charge in [0.05, 0.1) is 12.7 Å². The number of anilines is 1. The first-order valence-electron chi connectivity index (χ1n) is 8.47. The Balaban J connectivity index is 1.46. The summed E-state index contributed by atoms with van der Waals surface area (Å²) in [6, 6.07) is 4.53. The molecule has 2 fully saturated rings. The Labute approximate surface area is 138 Å². The fraction of sp³-hybridized carbons (Fsp3) is 0.471.